The molecule has 0 aliphatic carbocycles. The van der Waals surface area contributed by atoms with Crippen LogP contribution in [0.2, 0.25) is 10.0 Å². The van der Waals surface area contributed by atoms with Crippen LogP contribution in [0.15, 0.2) is 56.5 Å². The van der Waals surface area contributed by atoms with Crippen LogP contribution in [0, 0.1) is 0 Å². The first-order valence-corrected chi connectivity index (χ1v) is 10.3. The molecule has 0 N–H and O–H groups in total. The number of benzene rings is 2. The van der Waals surface area contributed by atoms with E-state index in [2.05, 4.69) is 20.9 Å². The Morgan fingerprint density at radius 2 is 1.70 bits per heavy atom. The Labute approximate surface area is 189 Å². The van der Waals surface area contributed by atoms with E-state index in [1.807, 2.05) is 12.1 Å². The van der Waals surface area contributed by atoms with Crippen LogP contribution in [0.25, 0.3) is 11.2 Å². The average molecular weight is 510 g/mol. The summed E-state index contributed by atoms with van der Waals surface area (Å²) in [5.41, 5.74) is 0.206. The zero-order chi connectivity index (χ0) is 21.6. The second-order valence-corrected chi connectivity index (χ2v) is 8.39. The van der Waals surface area contributed by atoms with Gasteiger partial charge in [0.1, 0.15) is 5.75 Å². The van der Waals surface area contributed by atoms with Crippen molar-refractivity contribution >= 4 is 50.3 Å². The molecule has 0 aliphatic rings. The highest BCUT2D eigenvalue weighted by molar-refractivity contribution is 9.10. The molecule has 10 heteroatoms. The van der Waals surface area contributed by atoms with Gasteiger partial charge >= 0.3 is 11.7 Å². The Morgan fingerprint density at radius 1 is 1.00 bits per heavy atom. The molecule has 2 aromatic carbocycles. The summed E-state index contributed by atoms with van der Waals surface area (Å²) in [7, 11) is 3.23. The van der Waals surface area contributed by atoms with Crippen molar-refractivity contribution in [2.45, 2.75) is 6.54 Å². The molecule has 0 bridgehead atoms. The fourth-order valence-corrected chi connectivity index (χ4v) is 3.67. The van der Waals surface area contributed by atoms with Crippen LogP contribution in [0.4, 0.5) is 0 Å². The van der Waals surface area contributed by atoms with E-state index >= 15 is 0 Å². The summed E-state index contributed by atoms with van der Waals surface area (Å²) in [5.74, 6) is 0.553. The fraction of sp³-hybridized carbons (Fsp3) is 0.150. The highest BCUT2D eigenvalue weighted by Gasteiger charge is 2.20. The smallest absolute Gasteiger partial charge is 0.332 e. The predicted octanol–water partition coefficient (Wildman–Crippen LogP) is 4.34. The van der Waals surface area contributed by atoms with Crippen molar-refractivity contribution in [1.82, 2.24) is 18.7 Å². The minimum Gasteiger partial charge on any atom is -0.425 e. The Balaban J connectivity index is 1.82. The minimum atomic E-state index is -0.494. The average Bonchev–Trinajstić information content (AvgIpc) is 3.04. The molecule has 4 rings (SSSR count). The number of nitrogens with zero attached hydrogens (tertiary/aromatic N) is 4. The lowest BCUT2D eigenvalue weighted by atomic mass is 10.2. The summed E-state index contributed by atoms with van der Waals surface area (Å²) in [6, 6.07) is 12.4. The normalized spacial score (nSPS) is 11.2. The van der Waals surface area contributed by atoms with E-state index in [9.17, 15) is 9.59 Å². The van der Waals surface area contributed by atoms with Crippen molar-refractivity contribution in [3.8, 4) is 11.8 Å². The first-order valence-electron chi connectivity index (χ1n) is 8.80. The van der Waals surface area contributed by atoms with E-state index in [1.54, 1.807) is 44.4 Å². The van der Waals surface area contributed by atoms with Crippen LogP contribution in [-0.2, 0) is 20.6 Å². The highest BCUT2D eigenvalue weighted by atomic mass is 79.9. The first-order chi connectivity index (χ1) is 14.3. The number of imidazole rings is 1. The molecule has 0 fully saturated rings. The number of halogens is 3. The molecule has 30 heavy (non-hydrogen) atoms. The molecule has 0 aliphatic heterocycles. The van der Waals surface area contributed by atoms with Crippen LogP contribution in [0.3, 0.4) is 0 Å². The Bertz CT molecular complexity index is 1390. The quantitative estimate of drug-likeness (QED) is 0.410. The Hall–Kier alpha value is -2.55. The molecule has 0 unspecified atom stereocenters. The molecule has 0 radical (unpaired) electrons. The molecule has 154 valence electrons. The number of hydrogen-bond acceptors (Lipinski definition) is 4. The first kappa shape index (κ1) is 20.7. The molecular formula is C20H15BrCl2N4O3. The van der Waals surface area contributed by atoms with Gasteiger partial charge in [-0.3, -0.25) is 18.5 Å². The molecule has 2 heterocycles. The monoisotopic (exact) mass is 508 g/mol. The summed E-state index contributed by atoms with van der Waals surface area (Å²) < 4.78 is 10.7. The molecular weight excluding hydrogens is 495 g/mol. The lowest BCUT2D eigenvalue weighted by Gasteiger charge is -2.09. The molecule has 0 spiro atoms. The SMILES string of the molecule is Cn1c(Oc2ccc(Br)cc2)nc2c1c(=O)n(Cc1ccc(Cl)c(Cl)c1)c(=O)n2C. The van der Waals surface area contributed by atoms with Gasteiger partial charge in [0.15, 0.2) is 11.2 Å². The zero-order valence-corrected chi connectivity index (χ0v) is 19.0. The molecule has 0 amide bonds. The van der Waals surface area contributed by atoms with E-state index in [0.717, 1.165) is 9.04 Å². The van der Waals surface area contributed by atoms with Gasteiger partial charge in [-0.1, -0.05) is 45.2 Å². The van der Waals surface area contributed by atoms with Crippen molar-refractivity contribution in [1.29, 1.82) is 0 Å². The minimum absolute atomic E-state index is 0.0480. The maximum absolute atomic E-state index is 13.2. The predicted molar refractivity (Wildman–Crippen MR) is 120 cm³/mol. The van der Waals surface area contributed by atoms with Gasteiger partial charge in [0, 0.05) is 18.6 Å². The van der Waals surface area contributed by atoms with Crippen molar-refractivity contribution in [3.05, 3.63) is 83.4 Å². The Kier molecular flexibility index (Phi) is 5.48. The molecule has 0 saturated carbocycles. The van der Waals surface area contributed by atoms with Crippen LogP contribution >= 0.6 is 39.1 Å². The summed E-state index contributed by atoms with van der Waals surface area (Å²) in [5, 5.41) is 0.753. The van der Waals surface area contributed by atoms with E-state index in [-0.39, 0.29) is 23.7 Å². The van der Waals surface area contributed by atoms with E-state index in [1.165, 1.54) is 9.13 Å². The maximum atomic E-state index is 13.2. The van der Waals surface area contributed by atoms with Crippen LogP contribution < -0.4 is 16.0 Å². The van der Waals surface area contributed by atoms with Gasteiger partial charge < -0.3 is 4.74 Å². The second-order valence-electron chi connectivity index (χ2n) is 6.66. The summed E-state index contributed by atoms with van der Waals surface area (Å²) in [4.78, 5) is 30.4. The third-order valence-corrected chi connectivity index (χ3v) is 5.93. The Morgan fingerprint density at radius 3 is 2.37 bits per heavy atom. The standard InChI is InChI=1S/C20H15BrCl2N4O3/c1-25-16-17(24-19(25)30-13-6-4-12(21)5-7-13)26(2)20(29)27(18(16)28)10-11-3-8-14(22)15(23)9-11/h3-9H,10H2,1-2H3. The highest BCUT2D eigenvalue weighted by Crippen LogP contribution is 2.25. The van der Waals surface area contributed by atoms with Gasteiger partial charge in [-0.25, -0.2) is 4.79 Å². The van der Waals surface area contributed by atoms with Gasteiger partial charge in [0.25, 0.3) is 5.56 Å². The van der Waals surface area contributed by atoms with Gasteiger partial charge in [0.05, 0.1) is 16.6 Å². The van der Waals surface area contributed by atoms with Crippen LogP contribution in [0.5, 0.6) is 11.8 Å². The molecule has 0 atom stereocenters. The van der Waals surface area contributed by atoms with Gasteiger partial charge in [0.2, 0.25) is 0 Å². The number of aromatic nitrogens is 4. The third kappa shape index (κ3) is 3.66. The second kappa shape index (κ2) is 7.94. The summed E-state index contributed by atoms with van der Waals surface area (Å²) >= 11 is 15.4. The van der Waals surface area contributed by atoms with Gasteiger partial charge in [-0.05, 0) is 42.0 Å². The van der Waals surface area contributed by atoms with Crippen molar-refractivity contribution in [3.63, 3.8) is 0 Å². The number of aryl methyl sites for hydroxylation is 2. The van der Waals surface area contributed by atoms with E-state index in [4.69, 9.17) is 27.9 Å². The van der Waals surface area contributed by atoms with Gasteiger partial charge in [-0.15, -0.1) is 0 Å². The fourth-order valence-electron chi connectivity index (χ4n) is 3.08. The number of fused-ring (bicyclic) bond motifs is 1. The van der Waals surface area contributed by atoms with E-state index in [0.29, 0.717) is 21.4 Å². The van der Waals surface area contributed by atoms with Gasteiger partial charge in [-0.2, -0.15) is 4.98 Å². The largest absolute Gasteiger partial charge is 0.425 e. The topological polar surface area (TPSA) is 71.1 Å². The van der Waals surface area contributed by atoms with Crippen LogP contribution in [-0.4, -0.2) is 18.7 Å². The lowest BCUT2D eigenvalue weighted by molar-refractivity contribution is 0.427. The lowest BCUT2D eigenvalue weighted by Crippen LogP contribution is -2.39. The maximum Gasteiger partial charge on any atom is 0.332 e. The van der Waals surface area contributed by atoms with Crippen molar-refractivity contribution in [2.24, 2.45) is 14.1 Å². The van der Waals surface area contributed by atoms with Crippen LogP contribution in [0.1, 0.15) is 5.56 Å². The number of rotatable bonds is 4. The molecule has 4 aromatic rings. The van der Waals surface area contributed by atoms with E-state index < -0.39 is 11.2 Å². The molecule has 2 aromatic heterocycles. The molecule has 0 saturated heterocycles. The number of hydrogen-bond donors (Lipinski definition) is 0. The summed E-state index contributed by atoms with van der Waals surface area (Å²) in [6.07, 6.45) is 0. The summed E-state index contributed by atoms with van der Waals surface area (Å²) in [6.45, 7) is 0.0480. The third-order valence-electron chi connectivity index (χ3n) is 4.67. The van der Waals surface area contributed by atoms with Crippen molar-refractivity contribution < 1.29 is 4.74 Å². The van der Waals surface area contributed by atoms with Crippen molar-refractivity contribution in [2.75, 3.05) is 0 Å². The number of ether oxygens (including phenoxy) is 1. The zero-order valence-electron chi connectivity index (χ0n) is 15.9. The molecule has 7 nitrogen and oxygen atoms in total.